The van der Waals surface area contributed by atoms with Crippen LogP contribution in [0.15, 0.2) is 44.7 Å². The van der Waals surface area contributed by atoms with Crippen molar-refractivity contribution in [2.75, 3.05) is 20.2 Å². The smallest absolute Gasteiger partial charge is 0.333 e. The molecule has 0 spiro atoms. The van der Waals surface area contributed by atoms with Crippen LogP contribution >= 0.6 is 11.3 Å². The summed E-state index contributed by atoms with van der Waals surface area (Å²) in [4.78, 5) is 49.6. The van der Waals surface area contributed by atoms with Crippen LogP contribution in [0.1, 0.15) is 64.2 Å². The molecule has 1 amide bonds. The van der Waals surface area contributed by atoms with Gasteiger partial charge in [0.1, 0.15) is 34.3 Å². The maximum Gasteiger partial charge on any atom is 0.333 e. The maximum absolute atomic E-state index is 14.5. The Balaban J connectivity index is 1.77. The Morgan fingerprint density at radius 2 is 1.91 bits per heavy atom. The van der Waals surface area contributed by atoms with Gasteiger partial charge in [0.2, 0.25) is 11.8 Å². The molecule has 1 aliphatic rings. The largest absolute Gasteiger partial charge is 0.496 e. The Morgan fingerprint density at radius 1 is 1.19 bits per heavy atom. The molecule has 12 heteroatoms. The third kappa shape index (κ3) is 5.65. The van der Waals surface area contributed by atoms with E-state index in [0.29, 0.717) is 45.6 Å². The van der Waals surface area contributed by atoms with Gasteiger partial charge in [-0.1, -0.05) is 0 Å². The predicted octanol–water partition coefficient (Wildman–Crippen LogP) is 5.25. The molecular weight excluding hydrogens is 575 g/mol. The summed E-state index contributed by atoms with van der Waals surface area (Å²) in [5.41, 5.74) is -1.72. The highest BCUT2D eigenvalue weighted by atomic mass is 32.1. The lowest BCUT2D eigenvalue weighted by atomic mass is 10.00. The molecule has 0 N–H and O–H groups in total. The number of likely N-dealkylation sites (tertiary alicyclic amines) is 1. The predicted molar refractivity (Wildman–Crippen MR) is 162 cm³/mol. The molecule has 0 unspecified atom stereocenters. The number of piperidine rings is 1. The van der Waals surface area contributed by atoms with Gasteiger partial charge in [0, 0.05) is 18.7 Å². The van der Waals surface area contributed by atoms with Gasteiger partial charge in [0.25, 0.3) is 5.56 Å². The molecule has 0 aliphatic carbocycles. The number of aromatic nitrogens is 3. The second-order valence-corrected chi connectivity index (χ2v) is 12.6. The molecule has 1 saturated heterocycles. The molecule has 10 nitrogen and oxygen atoms in total. The molecule has 43 heavy (non-hydrogen) atoms. The fourth-order valence-electron chi connectivity index (χ4n) is 5.79. The zero-order valence-corrected chi connectivity index (χ0v) is 26.1. The normalized spacial score (nSPS) is 14.9. The van der Waals surface area contributed by atoms with Crippen molar-refractivity contribution < 1.29 is 23.1 Å². The van der Waals surface area contributed by atoms with E-state index in [-0.39, 0.29) is 23.9 Å². The molecule has 5 rings (SSSR count). The number of oxazole rings is 1. The molecule has 1 aliphatic heterocycles. The van der Waals surface area contributed by atoms with Gasteiger partial charge in [-0.05, 0) is 77.6 Å². The first-order valence-corrected chi connectivity index (χ1v) is 15.2. The number of rotatable bonds is 9. The minimum atomic E-state index is -1.48. The maximum atomic E-state index is 14.5. The zero-order valence-electron chi connectivity index (χ0n) is 25.3. The minimum absolute atomic E-state index is 0.0768. The van der Waals surface area contributed by atoms with Gasteiger partial charge in [-0.2, -0.15) is 0 Å². The number of benzene rings is 1. The summed E-state index contributed by atoms with van der Waals surface area (Å²) in [5.74, 6) is -0.0656. The van der Waals surface area contributed by atoms with Crippen LogP contribution in [0.4, 0.5) is 4.39 Å². The minimum Gasteiger partial charge on any atom is -0.496 e. The van der Waals surface area contributed by atoms with Crippen molar-refractivity contribution in [3.05, 3.63) is 68.4 Å². The number of ether oxygens (including phenoxy) is 2. The number of carbonyl (C=O) groups excluding carboxylic acids is 1. The summed E-state index contributed by atoms with van der Waals surface area (Å²) in [5, 5.41) is 0.284. The fraction of sp³-hybridized carbons (Fsp3) is 0.484. The van der Waals surface area contributed by atoms with E-state index in [1.54, 1.807) is 25.7 Å². The first-order chi connectivity index (χ1) is 20.4. The van der Waals surface area contributed by atoms with Crippen molar-refractivity contribution >= 4 is 27.5 Å². The van der Waals surface area contributed by atoms with Crippen molar-refractivity contribution in [3.63, 3.8) is 0 Å². The van der Waals surface area contributed by atoms with Crippen LogP contribution in [0.3, 0.4) is 0 Å². The van der Waals surface area contributed by atoms with E-state index in [1.165, 1.54) is 53.7 Å². The molecule has 0 radical (unpaired) electrons. The molecule has 4 aromatic rings. The van der Waals surface area contributed by atoms with Gasteiger partial charge in [-0.3, -0.25) is 14.2 Å². The number of fused-ring (bicyclic) bond motifs is 1. The van der Waals surface area contributed by atoms with Gasteiger partial charge < -0.3 is 18.8 Å². The average Bonchev–Trinajstić information content (AvgIpc) is 3.62. The second kappa shape index (κ2) is 12.1. The van der Waals surface area contributed by atoms with Crippen molar-refractivity contribution in [2.45, 2.75) is 78.2 Å². The summed E-state index contributed by atoms with van der Waals surface area (Å²) in [7, 11) is 1.48. The second-order valence-electron chi connectivity index (χ2n) is 11.6. The van der Waals surface area contributed by atoms with E-state index in [9.17, 15) is 18.8 Å². The Morgan fingerprint density at radius 3 is 2.53 bits per heavy atom. The van der Waals surface area contributed by atoms with Gasteiger partial charge in [-0.15, -0.1) is 11.3 Å². The number of nitrogens with zero attached hydrogens (tertiary/aromatic N) is 4. The van der Waals surface area contributed by atoms with Gasteiger partial charge in [-0.25, -0.2) is 18.7 Å². The van der Waals surface area contributed by atoms with Crippen molar-refractivity contribution in [1.29, 1.82) is 0 Å². The molecule has 1 atom stereocenters. The first kappa shape index (κ1) is 30.7. The summed E-state index contributed by atoms with van der Waals surface area (Å²) in [6.45, 7) is 9.74. The molecule has 4 heterocycles. The summed E-state index contributed by atoms with van der Waals surface area (Å²) < 4.78 is 34.4. The highest BCUT2D eigenvalue weighted by molar-refractivity contribution is 7.22. The number of methoxy groups -OCH3 is 1. The molecule has 0 saturated carbocycles. The number of halogens is 1. The van der Waals surface area contributed by atoms with E-state index < -0.39 is 28.7 Å². The van der Waals surface area contributed by atoms with Crippen molar-refractivity contribution in [3.8, 4) is 16.5 Å². The van der Waals surface area contributed by atoms with E-state index in [1.807, 2.05) is 13.8 Å². The third-order valence-electron chi connectivity index (χ3n) is 7.89. The van der Waals surface area contributed by atoms with Gasteiger partial charge >= 0.3 is 5.69 Å². The number of hydrogen-bond donors (Lipinski definition) is 0. The monoisotopic (exact) mass is 612 g/mol. The van der Waals surface area contributed by atoms with E-state index in [4.69, 9.17) is 13.9 Å². The van der Waals surface area contributed by atoms with Crippen molar-refractivity contribution in [2.24, 2.45) is 0 Å². The van der Waals surface area contributed by atoms with Crippen LogP contribution < -0.4 is 16.0 Å². The quantitative estimate of drug-likeness (QED) is 0.254. The molecule has 3 aromatic heterocycles. The number of thiophene rings is 1. The van der Waals surface area contributed by atoms with Crippen LogP contribution in [0.25, 0.3) is 21.0 Å². The lowest BCUT2D eigenvalue weighted by Crippen LogP contribution is -2.57. The lowest BCUT2D eigenvalue weighted by Gasteiger charge is -2.35. The number of hydrogen-bond acceptors (Lipinski definition) is 8. The topological polar surface area (TPSA) is 109 Å². The highest BCUT2D eigenvalue weighted by Crippen LogP contribution is 2.37. The first-order valence-electron chi connectivity index (χ1n) is 14.4. The van der Waals surface area contributed by atoms with Crippen LogP contribution in [0.2, 0.25) is 0 Å². The molecule has 1 fully saturated rings. The summed E-state index contributed by atoms with van der Waals surface area (Å²) in [6, 6.07) is 4.13. The Kier molecular flexibility index (Phi) is 8.62. The third-order valence-corrected chi connectivity index (χ3v) is 9.19. The summed E-state index contributed by atoms with van der Waals surface area (Å²) in [6.07, 6.45) is 4.59. The Bertz CT molecular complexity index is 1750. The lowest BCUT2D eigenvalue weighted by molar-refractivity contribution is -0.140. The molecular formula is C31H37FN4O6S. The SMILES string of the molecule is COc1ccc(F)cc1[C@H](Cn1c(=O)n(C(C)(C)C(=O)N2CCCCC2)c(=O)c2c(C)c(-c3ncco3)sc21)OC(C)C. The average molecular weight is 613 g/mol. The fourth-order valence-corrected chi connectivity index (χ4v) is 7.03. The Hall–Kier alpha value is -3.77. The van der Waals surface area contributed by atoms with E-state index in [2.05, 4.69) is 4.98 Å². The van der Waals surface area contributed by atoms with Gasteiger partial charge in [0.05, 0.1) is 36.2 Å². The molecule has 230 valence electrons. The van der Waals surface area contributed by atoms with Crippen LogP contribution in [-0.2, 0) is 21.6 Å². The summed E-state index contributed by atoms with van der Waals surface area (Å²) >= 11 is 1.20. The van der Waals surface area contributed by atoms with Gasteiger partial charge in [0.15, 0.2) is 0 Å². The highest BCUT2D eigenvalue weighted by Gasteiger charge is 2.39. The number of amides is 1. The number of aryl methyl sites for hydroxylation is 1. The Labute approximate surface area is 252 Å². The molecule has 0 bridgehead atoms. The van der Waals surface area contributed by atoms with E-state index >= 15 is 0 Å². The van der Waals surface area contributed by atoms with Crippen LogP contribution in [0.5, 0.6) is 5.75 Å². The molecule has 1 aromatic carbocycles. The zero-order chi connectivity index (χ0) is 31.1. The van der Waals surface area contributed by atoms with Crippen LogP contribution in [0, 0.1) is 12.7 Å². The number of carbonyl (C=O) groups is 1. The van der Waals surface area contributed by atoms with Crippen molar-refractivity contribution in [1.82, 2.24) is 19.0 Å². The van der Waals surface area contributed by atoms with Crippen LogP contribution in [-0.4, -0.2) is 51.2 Å². The van der Waals surface area contributed by atoms with E-state index in [0.717, 1.165) is 23.8 Å². The standard InChI is InChI=1S/C31H37FN4O6S/c1-18(2)42-23(21-16-20(32)10-11-22(21)40-6)17-35-28-24(19(3)25(43-28)26-33-12-15-41-26)27(37)36(30(35)39)31(4,5)29(38)34-13-8-7-9-14-34/h10-12,15-16,18,23H,7-9,13-14,17H2,1-6H3/t23-/m0/s1.